The van der Waals surface area contributed by atoms with Gasteiger partial charge in [0, 0.05) is 31.2 Å². The number of morpholine rings is 1. The molecule has 1 aliphatic heterocycles. The molecule has 0 bridgehead atoms. The molecule has 0 radical (unpaired) electrons. The van der Waals surface area contributed by atoms with Crippen molar-refractivity contribution < 1.29 is 22.7 Å². The van der Waals surface area contributed by atoms with Gasteiger partial charge >= 0.3 is 6.18 Å². The molecule has 0 unspecified atom stereocenters. The maximum absolute atomic E-state index is 12.9. The fraction of sp³-hybridized carbons (Fsp3) is 0.320. The SMILES string of the molecule is C[C@H](CN1CCOCC1)NC(=O)c1ccc2c(-c3ccc(C(F)(F)F)cc3)cccc2c1. The molecule has 0 spiro atoms. The van der Waals surface area contributed by atoms with Gasteiger partial charge in [-0.15, -0.1) is 0 Å². The average Bonchev–Trinajstić information content (AvgIpc) is 2.78. The molecule has 1 atom stereocenters. The Balaban J connectivity index is 1.51. The van der Waals surface area contributed by atoms with Crippen molar-refractivity contribution in [2.75, 3.05) is 32.8 Å². The summed E-state index contributed by atoms with van der Waals surface area (Å²) in [5.74, 6) is -0.146. The van der Waals surface area contributed by atoms with Gasteiger partial charge in [-0.25, -0.2) is 0 Å². The van der Waals surface area contributed by atoms with Gasteiger partial charge in [0.05, 0.1) is 18.8 Å². The van der Waals surface area contributed by atoms with Gasteiger partial charge in [-0.1, -0.05) is 36.4 Å². The lowest BCUT2D eigenvalue weighted by atomic mass is 9.96. The summed E-state index contributed by atoms with van der Waals surface area (Å²) >= 11 is 0. The van der Waals surface area contributed by atoms with Gasteiger partial charge < -0.3 is 10.1 Å². The van der Waals surface area contributed by atoms with Crippen molar-refractivity contribution in [3.8, 4) is 11.1 Å². The second-order valence-electron chi connectivity index (χ2n) is 8.10. The Hall–Kier alpha value is -2.90. The topological polar surface area (TPSA) is 41.6 Å². The molecular weight excluding hydrogens is 417 g/mol. The first-order valence-electron chi connectivity index (χ1n) is 10.6. The van der Waals surface area contributed by atoms with Gasteiger partial charge in [-0.05, 0) is 53.1 Å². The van der Waals surface area contributed by atoms with E-state index in [4.69, 9.17) is 4.74 Å². The van der Waals surface area contributed by atoms with E-state index in [2.05, 4.69) is 10.2 Å². The molecule has 1 saturated heterocycles. The summed E-state index contributed by atoms with van der Waals surface area (Å²) in [6.07, 6.45) is -4.36. The van der Waals surface area contributed by atoms with Crippen LogP contribution in [0.3, 0.4) is 0 Å². The molecule has 3 aromatic carbocycles. The van der Waals surface area contributed by atoms with Gasteiger partial charge in [0.15, 0.2) is 0 Å². The normalized spacial score (nSPS) is 16.1. The van der Waals surface area contributed by atoms with Crippen LogP contribution in [0, 0.1) is 0 Å². The Kier molecular flexibility index (Phi) is 6.48. The summed E-state index contributed by atoms with van der Waals surface area (Å²) < 4.78 is 44.0. The highest BCUT2D eigenvalue weighted by molar-refractivity contribution is 6.02. The van der Waals surface area contributed by atoms with Gasteiger partial charge in [-0.2, -0.15) is 13.2 Å². The van der Waals surface area contributed by atoms with Crippen LogP contribution in [-0.2, 0) is 10.9 Å². The second kappa shape index (κ2) is 9.30. The van der Waals surface area contributed by atoms with Crippen LogP contribution in [0.25, 0.3) is 21.9 Å². The van der Waals surface area contributed by atoms with Crippen LogP contribution < -0.4 is 5.32 Å². The van der Waals surface area contributed by atoms with E-state index in [1.165, 1.54) is 12.1 Å². The quantitative estimate of drug-likeness (QED) is 0.606. The van der Waals surface area contributed by atoms with Gasteiger partial charge in [-0.3, -0.25) is 9.69 Å². The molecule has 0 aliphatic carbocycles. The van der Waals surface area contributed by atoms with E-state index in [1.807, 2.05) is 37.3 Å². The summed E-state index contributed by atoms with van der Waals surface area (Å²) in [5.41, 5.74) is 1.39. The molecule has 4 rings (SSSR count). The maximum atomic E-state index is 12.9. The van der Waals surface area contributed by atoms with Crippen molar-refractivity contribution in [3.05, 3.63) is 71.8 Å². The smallest absolute Gasteiger partial charge is 0.379 e. The van der Waals surface area contributed by atoms with Crippen LogP contribution in [0.15, 0.2) is 60.7 Å². The summed E-state index contributed by atoms with van der Waals surface area (Å²) in [5, 5.41) is 4.78. The predicted octanol–water partition coefficient (Wildman–Crippen LogP) is 4.98. The first-order valence-corrected chi connectivity index (χ1v) is 10.6. The predicted molar refractivity (Wildman–Crippen MR) is 119 cm³/mol. The van der Waals surface area contributed by atoms with Gasteiger partial charge in [0.25, 0.3) is 5.91 Å². The van der Waals surface area contributed by atoms with Gasteiger partial charge in [0.1, 0.15) is 0 Å². The number of benzene rings is 3. The van der Waals surface area contributed by atoms with Crippen molar-refractivity contribution in [1.29, 1.82) is 0 Å². The number of ether oxygens (including phenoxy) is 1. The highest BCUT2D eigenvalue weighted by Gasteiger charge is 2.30. The Morgan fingerprint density at radius 1 is 1.06 bits per heavy atom. The molecule has 32 heavy (non-hydrogen) atoms. The molecule has 1 aliphatic rings. The fourth-order valence-corrected chi connectivity index (χ4v) is 4.04. The monoisotopic (exact) mass is 442 g/mol. The first-order chi connectivity index (χ1) is 15.3. The fourth-order valence-electron chi connectivity index (χ4n) is 4.04. The van der Waals surface area contributed by atoms with E-state index in [1.54, 1.807) is 6.07 Å². The minimum atomic E-state index is -4.36. The van der Waals surface area contributed by atoms with E-state index >= 15 is 0 Å². The van der Waals surface area contributed by atoms with Crippen molar-refractivity contribution in [3.63, 3.8) is 0 Å². The lowest BCUT2D eigenvalue weighted by Crippen LogP contribution is -2.46. The molecule has 3 aromatic rings. The molecule has 0 aromatic heterocycles. The van der Waals surface area contributed by atoms with Crippen LogP contribution in [0.1, 0.15) is 22.8 Å². The van der Waals surface area contributed by atoms with Crippen LogP contribution in [0.2, 0.25) is 0 Å². The summed E-state index contributed by atoms with van der Waals surface area (Å²) in [6, 6.07) is 16.2. The van der Waals surface area contributed by atoms with E-state index < -0.39 is 11.7 Å². The number of hydrogen-bond acceptors (Lipinski definition) is 3. The molecule has 1 fully saturated rings. The molecule has 7 heteroatoms. The number of rotatable bonds is 5. The number of nitrogens with zero attached hydrogens (tertiary/aromatic N) is 1. The molecule has 1 heterocycles. The molecule has 168 valence electrons. The van der Waals surface area contributed by atoms with Crippen LogP contribution in [0.5, 0.6) is 0 Å². The molecule has 0 saturated carbocycles. The number of hydrogen-bond donors (Lipinski definition) is 1. The van der Waals surface area contributed by atoms with E-state index in [-0.39, 0.29) is 11.9 Å². The lowest BCUT2D eigenvalue weighted by Gasteiger charge is -2.29. The zero-order valence-corrected chi connectivity index (χ0v) is 17.8. The zero-order valence-electron chi connectivity index (χ0n) is 17.8. The third-order valence-electron chi connectivity index (χ3n) is 5.68. The van der Waals surface area contributed by atoms with Crippen molar-refractivity contribution in [2.24, 2.45) is 0 Å². The number of nitrogens with one attached hydrogen (secondary N) is 1. The minimum absolute atomic E-state index is 0.00483. The van der Waals surface area contributed by atoms with Crippen LogP contribution in [-0.4, -0.2) is 49.7 Å². The summed E-state index contributed by atoms with van der Waals surface area (Å²) in [6.45, 7) is 5.91. The highest BCUT2D eigenvalue weighted by Crippen LogP contribution is 2.33. The first kappa shape index (κ1) is 22.3. The Bertz CT molecular complexity index is 1090. The standard InChI is InChI=1S/C25H25F3N2O2/c1-17(16-30-11-13-32-14-12-30)29-24(31)20-7-10-23-19(15-20)3-2-4-22(23)18-5-8-21(9-6-18)25(26,27)28/h2-10,15,17H,11-14,16H2,1H3,(H,29,31)/t17-/m1/s1. The van der Waals surface area contributed by atoms with Crippen molar-refractivity contribution in [1.82, 2.24) is 10.2 Å². The largest absolute Gasteiger partial charge is 0.416 e. The summed E-state index contributed by atoms with van der Waals surface area (Å²) in [7, 11) is 0. The molecule has 1 N–H and O–H groups in total. The number of carbonyl (C=O) groups excluding carboxylic acids is 1. The number of carbonyl (C=O) groups is 1. The molecule has 1 amide bonds. The van der Waals surface area contributed by atoms with E-state index in [9.17, 15) is 18.0 Å². The lowest BCUT2D eigenvalue weighted by molar-refractivity contribution is -0.137. The number of halogens is 3. The van der Waals surface area contributed by atoms with E-state index in [0.29, 0.717) is 24.3 Å². The second-order valence-corrected chi connectivity index (χ2v) is 8.10. The molecular formula is C25H25F3N2O2. The van der Waals surface area contributed by atoms with Crippen LogP contribution >= 0.6 is 0 Å². The van der Waals surface area contributed by atoms with Crippen molar-refractivity contribution in [2.45, 2.75) is 19.1 Å². The zero-order chi connectivity index (χ0) is 22.7. The third kappa shape index (κ3) is 5.11. The molecule has 4 nitrogen and oxygen atoms in total. The maximum Gasteiger partial charge on any atom is 0.416 e. The highest BCUT2D eigenvalue weighted by atomic mass is 19.4. The average molecular weight is 442 g/mol. The Labute approximate surface area is 185 Å². The minimum Gasteiger partial charge on any atom is -0.379 e. The van der Waals surface area contributed by atoms with Crippen molar-refractivity contribution >= 4 is 16.7 Å². The third-order valence-corrected chi connectivity index (χ3v) is 5.68. The van der Waals surface area contributed by atoms with Crippen LogP contribution in [0.4, 0.5) is 13.2 Å². The summed E-state index contributed by atoms with van der Waals surface area (Å²) in [4.78, 5) is 15.0. The Morgan fingerprint density at radius 2 is 1.78 bits per heavy atom. The number of alkyl halides is 3. The van der Waals surface area contributed by atoms with E-state index in [0.717, 1.165) is 48.1 Å². The number of fused-ring (bicyclic) bond motifs is 1. The Morgan fingerprint density at radius 3 is 2.47 bits per heavy atom. The van der Waals surface area contributed by atoms with Gasteiger partial charge in [0.2, 0.25) is 0 Å². The number of amides is 1.